The third kappa shape index (κ3) is 2.72. The molecule has 2 aromatic rings. The summed E-state index contributed by atoms with van der Waals surface area (Å²) in [5, 5.41) is 3.73. The lowest BCUT2D eigenvalue weighted by molar-refractivity contribution is 0.212. The van der Waals surface area contributed by atoms with Gasteiger partial charge in [0.25, 0.3) is 0 Å². The van der Waals surface area contributed by atoms with E-state index in [1.807, 2.05) is 0 Å². The number of benzene rings is 2. The van der Waals surface area contributed by atoms with E-state index in [0.29, 0.717) is 6.04 Å². The van der Waals surface area contributed by atoms with Crippen molar-refractivity contribution < 1.29 is 0 Å². The summed E-state index contributed by atoms with van der Waals surface area (Å²) in [6, 6.07) is 19.9. The second kappa shape index (κ2) is 5.70. The molecule has 0 heterocycles. The molecule has 2 aromatic carbocycles. The maximum Gasteiger partial charge on any atom is 0.0422 e. The van der Waals surface area contributed by atoms with Crippen molar-refractivity contribution in [1.29, 1.82) is 0 Å². The number of nitrogens with one attached hydrogen (secondary N) is 1. The lowest BCUT2D eigenvalue weighted by Gasteiger charge is -2.39. The van der Waals surface area contributed by atoms with Crippen LogP contribution < -0.4 is 5.32 Å². The lowest BCUT2D eigenvalue weighted by atomic mass is 9.73. The van der Waals surface area contributed by atoms with Crippen LogP contribution in [0, 0.1) is 11.8 Å². The minimum absolute atomic E-state index is 0.646. The molecule has 0 radical (unpaired) electrons. The molecule has 3 rings (SSSR count). The smallest absolute Gasteiger partial charge is 0.0422 e. The van der Waals surface area contributed by atoms with Crippen LogP contribution in [0.2, 0.25) is 0 Å². The zero-order valence-electron chi connectivity index (χ0n) is 12.3. The molecule has 20 heavy (non-hydrogen) atoms. The molecule has 0 bridgehead atoms. The fourth-order valence-corrected chi connectivity index (χ4v) is 3.02. The van der Waals surface area contributed by atoms with E-state index in [4.69, 9.17) is 0 Å². The molecule has 1 heteroatoms. The van der Waals surface area contributed by atoms with E-state index in [1.54, 1.807) is 0 Å². The Morgan fingerprint density at radius 2 is 1.55 bits per heavy atom. The Hall–Kier alpha value is -1.76. The summed E-state index contributed by atoms with van der Waals surface area (Å²) in [5.41, 5.74) is 3.86. The van der Waals surface area contributed by atoms with Crippen LogP contribution in [-0.4, -0.2) is 6.04 Å². The van der Waals surface area contributed by atoms with Gasteiger partial charge in [-0.2, -0.15) is 0 Å². The Labute approximate surface area is 122 Å². The molecule has 1 saturated carbocycles. The highest BCUT2D eigenvalue weighted by Gasteiger charge is 2.31. The molecule has 0 saturated heterocycles. The first-order valence-electron chi connectivity index (χ1n) is 7.65. The minimum Gasteiger partial charge on any atom is -0.382 e. The lowest BCUT2D eigenvalue weighted by Crippen LogP contribution is -2.38. The Bertz CT molecular complexity index is 553. The number of anilines is 1. The second-order valence-electron chi connectivity index (χ2n) is 6.23. The summed E-state index contributed by atoms with van der Waals surface area (Å²) in [7, 11) is 0. The van der Waals surface area contributed by atoms with Gasteiger partial charge in [0.2, 0.25) is 0 Å². The van der Waals surface area contributed by atoms with E-state index >= 15 is 0 Å². The van der Waals surface area contributed by atoms with Gasteiger partial charge >= 0.3 is 0 Å². The van der Waals surface area contributed by atoms with Gasteiger partial charge in [-0.05, 0) is 36.3 Å². The van der Waals surface area contributed by atoms with Gasteiger partial charge in [0.15, 0.2) is 0 Å². The summed E-state index contributed by atoms with van der Waals surface area (Å²) >= 11 is 0. The van der Waals surface area contributed by atoms with E-state index in [9.17, 15) is 0 Å². The first-order valence-corrected chi connectivity index (χ1v) is 7.65. The van der Waals surface area contributed by atoms with E-state index in [1.165, 1.54) is 29.7 Å². The normalized spacial score (nSPS) is 21.6. The Morgan fingerprint density at radius 1 is 0.900 bits per heavy atom. The Balaban J connectivity index is 1.75. The van der Waals surface area contributed by atoms with Gasteiger partial charge in [-0.1, -0.05) is 62.4 Å². The van der Waals surface area contributed by atoms with Crippen molar-refractivity contribution in [1.82, 2.24) is 0 Å². The van der Waals surface area contributed by atoms with E-state index in [2.05, 4.69) is 73.8 Å². The van der Waals surface area contributed by atoms with Crippen molar-refractivity contribution >= 4 is 5.69 Å². The summed E-state index contributed by atoms with van der Waals surface area (Å²) in [6.45, 7) is 4.66. The van der Waals surface area contributed by atoms with Crippen LogP contribution in [0.3, 0.4) is 0 Å². The molecule has 0 amide bonds. The second-order valence-corrected chi connectivity index (χ2v) is 6.23. The third-order valence-electron chi connectivity index (χ3n) is 4.49. The molecule has 1 fully saturated rings. The van der Waals surface area contributed by atoms with Crippen LogP contribution in [0.5, 0.6) is 0 Å². The quantitative estimate of drug-likeness (QED) is 0.801. The average Bonchev–Trinajstić information content (AvgIpc) is 2.43. The molecule has 0 unspecified atom stereocenters. The van der Waals surface area contributed by atoms with Crippen molar-refractivity contribution in [3.05, 3.63) is 54.6 Å². The van der Waals surface area contributed by atoms with Gasteiger partial charge in [0.1, 0.15) is 0 Å². The number of rotatable bonds is 4. The maximum atomic E-state index is 3.73. The summed E-state index contributed by atoms with van der Waals surface area (Å²) in [6.07, 6.45) is 2.61. The fourth-order valence-electron chi connectivity index (χ4n) is 3.02. The molecule has 0 atom stereocenters. The van der Waals surface area contributed by atoms with Crippen LogP contribution in [0.4, 0.5) is 5.69 Å². The standard InChI is InChI=1S/C19H23N/c1-14(2)16-12-17(13-16)20-19-11-7-6-10-18(19)15-8-4-3-5-9-15/h3-11,14,16-17,20H,12-13H2,1-2H3. The zero-order valence-corrected chi connectivity index (χ0v) is 12.3. The van der Waals surface area contributed by atoms with E-state index in [0.717, 1.165) is 11.8 Å². The summed E-state index contributed by atoms with van der Waals surface area (Å²) in [4.78, 5) is 0. The van der Waals surface area contributed by atoms with Gasteiger partial charge in [-0.25, -0.2) is 0 Å². The molecular weight excluding hydrogens is 242 g/mol. The Kier molecular flexibility index (Phi) is 3.77. The number of hydrogen-bond donors (Lipinski definition) is 1. The van der Waals surface area contributed by atoms with Crippen LogP contribution in [-0.2, 0) is 0 Å². The highest BCUT2D eigenvalue weighted by molar-refractivity contribution is 5.77. The van der Waals surface area contributed by atoms with Gasteiger partial charge in [-0.3, -0.25) is 0 Å². The molecular formula is C19H23N. The Morgan fingerprint density at radius 3 is 2.25 bits per heavy atom. The van der Waals surface area contributed by atoms with Gasteiger partial charge in [0.05, 0.1) is 0 Å². The predicted molar refractivity (Wildman–Crippen MR) is 86.9 cm³/mol. The SMILES string of the molecule is CC(C)C1CC(Nc2ccccc2-c2ccccc2)C1. The molecule has 1 N–H and O–H groups in total. The third-order valence-corrected chi connectivity index (χ3v) is 4.49. The predicted octanol–water partition coefficient (Wildman–Crippen LogP) is 5.20. The molecule has 0 aromatic heterocycles. The first kappa shape index (κ1) is 13.2. The van der Waals surface area contributed by atoms with E-state index in [-0.39, 0.29) is 0 Å². The van der Waals surface area contributed by atoms with Gasteiger partial charge in [0, 0.05) is 17.3 Å². The highest BCUT2D eigenvalue weighted by atomic mass is 14.9. The van der Waals surface area contributed by atoms with Crippen LogP contribution in [0.15, 0.2) is 54.6 Å². The zero-order chi connectivity index (χ0) is 13.9. The maximum absolute atomic E-state index is 3.73. The average molecular weight is 265 g/mol. The summed E-state index contributed by atoms with van der Waals surface area (Å²) < 4.78 is 0. The van der Waals surface area contributed by atoms with Crippen molar-refractivity contribution in [2.24, 2.45) is 11.8 Å². The highest BCUT2D eigenvalue weighted by Crippen LogP contribution is 2.37. The monoisotopic (exact) mass is 265 g/mol. The van der Waals surface area contributed by atoms with Crippen molar-refractivity contribution in [3.8, 4) is 11.1 Å². The molecule has 1 aliphatic rings. The summed E-state index contributed by atoms with van der Waals surface area (Å²) in [5.74, 6) is 1.72. The number of para-hydroxylation sites is 1. The molecule has 0 spiro atoms. The van der Waals surface area contributed by atoms with Crippen LogP contribution >= 0.6 is 0 Å². The van der Waals surface area contributed by atoms with Gasteiger partial charge < -0.3 is 5.32 Å². The molecule has 104 valence electrons. The van der Waals surface area contributed by atoms with Gasteiger partial charge in [-0.15, -0.1) is 0 Å². The molecule has 1 nitrogen and oxygen atoms in total. The number of hydrogen-bond acceptors (Lipinski definition) is 1. The van der Waals surface area contributed by atoms with E-state index < -0.39 is 0 Å². The van der Waals surface area contributed by atoms with Crippen molar-refractivity contribution in [3.63, 3.8) is 0 Å². The molecule has 0 aliphatic heterocycles. The van der Waals surface area contributed by atoms with Crippen molar-refractivity contribution in [2.75, 3.05) is 5.32 Å². The minimum atomic E-state index is 0.646. The first-order chi connectivity index (χ1) is 9.74. The topological polar surface area (TPSA) is 12.0 Å². The largest absolute Gasteiger partial charge is 0.382 e. The van der Waals surface area contributed by atoms with Crippen molar-refractivity contribution in [2.45, 2.75) is 32.7 Å². The molecule has 1 aliphatic carbocycles. The van der Waals surface area contributed by atoms with Crippen LogP contribution in [0.1, 0.15) is 26.7 Å². The van der Waals surface area contributed by atoms with Crippen LogP contribution in [0.25, 0.3) is 11.1 Å². The fraction of sp³-hybridized carbons (Fsp3) is 0.368.